The van der Waals surface area contributed by atoms with Gasteiger partial charge >= 0.3 is 6.03 Å². The van der Waals surface area contributed by atoms with Crippen LogP contribution in [0.1, 0.15) is 21.7 Å². The lowest BCUT2D eigenvalue weighted by Crippen LogP contribution is -2.39. The van der Waals surface area contributed by atoms with Crippen molar-refractivity contribution in [2.75, 3.05) is 13.1 Å². The number of hydrogen-bond acceptors (Lipinski definition) is 4. The van der Waals surface area contributed by atoms with Crippen LogP contribution in [0, 0.1) is 13.8 Å². The van der Waals surface area contributed by atoms with Crippen LogP contribution < -0.4 is 10.1 Å². The average molecular weight is 331 g/mol. The van der Waals surface area contributed by atoms with Crippen LogP contribution >= 0.6 is 11.3 Å². The number of nitrogens with one attached hydrogen (secondary N) is 1. The number of thiophene rings is 1. The van der Waals surface area contributed by atoms with Crippen molar-refractivity contribution in [3.8, 4) is 5.75 Å². The van der Waals surface area contributed by atoms with Crippen molar-refractivity contribution < 1.29 is 9.53 Å². The topological polar surface area (TPSA) is 54.5 Å². The lowest BCUT2D eigenvalue weighted by atomic mass is 10.2. The van der Waals surface area contributed by atoms with Gasteiger partial charge in [-0.1, -0.05) is 0 Å². The summed E-state index contributed by atoms with van der Waals surface area (Å²) in [7, 11) is 0. The van der Waals surface area contributed by atoms with Crippen LogP contribution in [-0.2, 0) is 6.54 Å². The zero-order valence-electron chi connectivity index (χ0n) is 13.4. The van der Waals surface area contributed by atoms with Crippen LogP contribution in [0.15, 0.2) is 30.6 Å². The number of hydrogen-bond donors (Lipinski definition) is 1. The maximum Gasteiger partial charge on any atom is 0.317 e. The molecule has 2 aromatic heterocycles. The number of amides is 2. The molecule has 1 atom stereocenters. The Balaban J connectivity index is 1.48. The van der Waals surface area contributed by atoms with Crippen molar-refractivity contribution in [3.63, 3.8) is 0 Å². The number of aromatic nitrogens is 1. The molecular formula is C17H21N3O2S. The van der Waals surface area contributed by atoms with E-state index in [4.69, 9.17) is 4.74 Å². The number of carbonyl (C=O) groups excluding carboxylic acids is 1. The summed E-state index contributed by atoms with van der Waals surface area (Å²) < 4.78 is 5.86. The fourth-order valence-corrected chi connectivity index (χ4v) is 3.71. The minimum Gasteiger partial charge on any atom is -0.487 e. The van der Waals surface area contributed by atoms with Crippen LogP contribution in [0.4, 0.5) is 4.79 Å². The molecule has 0 radical (unpaired) electrons. The average Bonchev–Trinajstić information content (AvgIpc) is 3.12. The summed E-state index contributed by atoms with van der Waals surface area (Å²) >= 11 is 1.76. The van der Waals surface area contributed by atoms with Gasteiger partial charge in [-0.3, -0.25) is 4.98 Å². The number of ether oxygens (including phenoxy) is 1. The first-order chi connectivity index (χ1) is 11.1. The Hall–Kier alpha value is -2.08. The molecule has 1 aliphatic rings. The van der Waals surface area contributed by atoms with Crippen LogP contribution in [0.3, 0.4) is 0 Å². The van der Waals surface area contributed by atoms with Gasteiger partial charge in [-0.05, 0) is 37.6 Å². The normalized spacial score (nSPS) is 17.3. The maximum atomic E-state index is 12.3. The summed E-state index contributed by atoms with van der Waals surface area (Å²) in [5.41, 5.74) is 1.20. The highest BCUT2D eigenvalue weighted by Gasteiger charge is 2.27. The molecule has 2 aromatic rings. The predicted octanol–water partition coefficient (Wildman–Crippen LogP) is 3.12. The van der Waals surface area contributed by atoms with Crippen molar-refractivity contribution in [1.82, 2.24) is 15.2 Å². The Bertz CT molecular complexity index is 672. The first-order valence-corrected chi connectivity index (χ1v) is 8.59. The van der Waals surface area contributed by atoms with Gasteiger partial charge in [0.25, 0.3) is 0 Å². The van der Waals surface area contributed by atoms with Gasteiger partial charge < -0.3 is 15.0 Å². The van der Waals surface area contributed by atoms with E-state index < -0.39 is 0 Å². The van der Waals surface area contributed by atoms with Crippen LogP contribution in [-0.4, -0.2) is 35.1 Å². The minimum absolute atomic E-state index is 0.0226. The van der Waals surface area contributed by atoms with E-state index in [1.54, 1.807) is 23.7 Å². The maximum absolute atomic E-state index is 12.3. The Labute approximate surface area is 140 Å². The highest BCUT2D eigenvalue weighted by atomic mass is 32.1. The number of carbonyl (C=O) groups is 1. The van der Waals surface area contributed by atoms with Crippen molar-refractivity contribution in [2.45, 2.75) is 32.9 Å². The SMILES string of the molecule is Cc1cc(CNC(=O)N2CCC(Oc3cccnc3)C2)c(C)s1. The third-order valence-electron chi connectivity index (χ3n) is 3.94. The summed E-state index contributed by atoms with van der Waals surface area (Å²) in [6, 6.07) is 5.85. The zero-order valence-corrected chi connectivity index (χ0v) is 14.2. The summed E-state index contributed by atoms with van der Waals surface area (Å²) in [4.78, 5) is 20.7. The fourth-order valence-electron chi connectivity index (χ4n) is 2.76. The third kappa shape index (κ3) is 4.01. The second kappa shape index (κ2) is 7.00. The van der Waals surface area contributed by atoms with Crippen molar-refractivity contribution in [3.05, 3.63) is 45.9 Å². The first kappa shape index (κ1) is 15.8. The Morgan fingerprint density at radius 2 is 2.39 bits per heavy atom. The number of rotatable bonds is 4. The second-order valence-electron chi connectivity index (χ2n) is 5.76. The molecule has 3 heterocycles. The lowest BCUT2D eigenvalue weighted by molar-refractivity contribution is 0.186. The van der Waals surface area contributed by atoms with Crippen molar-refractivity contribution in [1.29, 1.82) is 0 Å². The Morgan fingerprint density at radius 3 is 3.09 bits per heavy atom. The number of likely N-dealkylation sites (tertiary alicyclic amines) is 1. The molecule has 1 N–H and O–H groups in total. The van der Waals surface area contributed by atoms with Gasteiger partial charge in [-0.25, -0.2) is 4.79 Å². The van der Waals surface area contributed by atoms with Crippen LogP contribution in [0.5, 0.6) is 5.75 Å². The first-order valence-electron chi connectivity index (χ1n) is 7.77. The monoisotopic (exact) mass is 331 g/mol. The minimum atomic E-state index is -0.0226. The highest BCUT2D eigenvalue weighted by molar-refractivity contribution is 7.12. The Kier molecular flexibility index (Phi) is 4.81. The van der Waals surface area contributed by atoms with E-state index in [9.17, 15) is 4.79 Å². The van der Waals surface area contributed by atoms with Gasteiger partial charge in [0.2, 0.25) is 0 Å². The van der Waals surface area contributed by atoms with E-state index in [-0.39, 0.29) is 12.1 Å². The standard InChI is InChI=1S/C17H21N3O2S/c1-12-8-14(13(2)23-12)9-19-17(21)20-7-5-16(11-20)22-15-4-3-6-18-10-15/h3-4,6,8,10,16H,5,7,9,11H2,1-2H3,(H,19,21). The molecule has 6 heteroatoms. The molecule has 1 saturated heterocycles. The fraction of sp³-hybridized carbons (Fsp3) is 0.412. The molecule has 0 bridgehead atoms. The third-order valence-corrected chi connectivity index (χ3v) is 4.95. The van der Waals surface area contributed by atoms with Gasteiger partial charge in [-0.15, -0.1) is 11.3 Å². The van der Waals surface area contributed by atoms with E-state index in [0.29, 0.717) is 13.1 Å². The summed E-state index contributed by atoms with van der Waals surface area (Å²) in [6.07, 6.45) is 4.30. The van der Waals surface area contributed by atoms with E-state index in [1.165, 1.54) is 15.3 Å². The van der Waals surface area contributed by atoms with Gasteiger partial charge in [0.1, 0.15) is 11.9 Å². The van der Waals surface area contributed by atoms with Gasteiger partial charge in [0, 0.05) is 35.5 Å². The largest absolute Gasteiger partial charge is 0.487 e. The van der Waals surface area contributed by atoms with Crippen LogP contribution in [0.2, 0.25) is 0 Å². The van der Waals surface area contributed by atoms with E-state index in [2.05, 4.69) is 30.2 Å². The smallest absolute Gasteiger partial charge is 0.317 e. The molecule has 0 aliphatic carbocycles. The van der Waals surface area contributed by atoms with E-state index in [1.807, 2.05) is 17.0 Å². The molecular weight excluding hydrogens is 310 g/mol. The molecule has 3 rings (SSSR count). The molecule has 2 amide bonds. The Morgan fingerprint density at radius 1 is 1.52 bits per heavy atom. The number of nitrogens with zero attached hydrogens (tertiary/aromatic N) is 2. The number of urea groups is 1. The lowest BCUT2D eigenvalue weighted by Gasteiger charge is -2.18. The summed E-state index contributed by atoms with van der Waals surface area (Å²) in [5, 5.41) is 3.01. The number of pyridine rings is 1. The molecule has 1 fully saturated rings. The predicted molar refractivity (Wildman–Crippen MR) is 90.9 cm³/mol. The van der Waals surface area contributed by atoms with Gasteiger partial charge in [0.05, 0.1) is 12.7 Å². The molecule has 0 saturated carbocycles. The molecule has 23 heavy (non-hydrogen) atoms. The molecule has 122 valence electrons. The number of aryl methyl sites for hydroxylation is 2. The highest BCUT2D eigenvalue weighted by Crippen LogP contribution is 2.21. The van der Waals surface area contributed by atoms with Crippen molar-refractivity contribution in [2.24, 2.45) is 0 Å². The zero-order chi connectivity index (χ0) is 16.2. The molecule has 0 aromatic carbocycles. The molecule has 5 nitrogen and oxygen atoms in total. The van der Waals surface area contributed by atoms with Gasteiger partial charge in [0.15, 0.2) is 0 Å². The molecule has 0 spiro atoms. The van der Waals surface area contributed by atoms with Gasteiger partial charge in [-0.2, -0.15) is 0 Å². The second-order valence-corrected chi connectivity index (χ2v) is 7.22. The quantitative estimate of drug-likeness (QED) is 0.936. The molecule has 1 aliphatic heterocycles. The summed E-state index contributed by atoms with van der Waals surface area (Å²) in [5.74, 6) is 0.754. The summed E-state index contributed by atoms with van der Waals surface area (Å²) in [6.45, 7) is 6.09. The van der Waals surface area contributed by atoms with E-state index in [0.717, 1.165) is 18.7 Å². The van der Waals surface area contributed by atoms with Crippen LogP contribution in [0.25, 0.3) is 0 Å². The van der Waals surface area contributed by atoms with E-state index >= 15 is 0 Å². The molecule has 1 unspecified atom stereocenters. The van der Waals surface area contributed by atoms with Crippen molar-refractivity contribution >= 4 is 17.4 Å².